The lowest BCUT2D eigenvalue weighted by molar-refractivity contribution is 0.377. The number of hydrogen-bond acceptors (Lipinski definition) is 2. The van der Waals surface area contributed by atoms with Crippen LogP contribution in [0.4, 0.5) is 0 Å². The van der Waals surface area contributed by atoms with Crippen molar-refractivity contribution in [2.45, 2.75) is 18.3 Å². The minimum absolute atomic E-state index is 0.0219. The van der Waals surface area contributed by atoms with Gasteiger partial charge in [0.25, 0.3) is 0 Å². The number of ether oxygens (including phenoxy) is 1. The predicted octanol–water partition coefficient (Wildman–Crippen LogP) is 3.05. The van der Waals surface area contributed by atoms with E-state index in [0.29, 0.717) is 0 Å². The molecule has 0 radical (unpaired) electrons. The first-order valence-corrected chi connectivity index (χ1v) is 5.38. The van der Waals surface area contributed by atoms with Crippen molar-refractivity contribution in [1.82, 2.24) is 0 Å². The second kappa shape index (κ2) is 3.86. The molecule has 1 aliphatic carbocycles. The normalized spacial score (nSPS) is 18.7. The number of hydrogen-bond donors (Lipinski definition) is 0. The lowest BCUT2D eigenvalue weighted by Crippen LogP contribution is -2.22. The average Bonchev–Trinajstić information content (AvgIpc) is 3.02. The summed E-state index contributed by atoms with van der Waals surface area (Å²) in [5.74, 6) is 0.824. The van der Waals surface area contributed by atoms with E-state index in [0.717, 1.165) is 23.8 Å². The number of nitrogens with zero attached hydrogens (tertiary/aromatic N) is 1. The Kier molecular flexibility index (Phi) is 2.70. The Bertz CT molecular complexity index is 379. The molecule has 0 saturated heterocycles. The molecule has 0 amide bonds. The molecule has 0 atom stereocenters. The second-order valence-electron chi connectivity index (χ2n) is 3.82. The summed E-state index contributed by atoms with van der Waals surface area (Å²) in [6.07, 6.45) is 2.21. The maximum atomic E-state index is 5.87. The predicted molar refractivity (Wildman–Crippen MR) is 62.7 cm³/mol. The smallest absolute Gasteiger partial charge is 0.193 e. The molecule has 0 heterocycles. The fraction of sp³-hybridized carbons (Fsp3) is 0.417. The van der Waals surface area contributed by atoms with Crippen LogP contribution >= 0.6 is 11.6 Å². The van der Waals surface area contributed by atoms with Crippen molar-refractivity contribution >= 4 is 17.5 Å². The molecule has 0 aliphatic heterocycles. The van der Waals surface area contributed by atoms with Gasteiger partial charge in [-0.15, -0.1) is 0 Å². The lowest BCUT2D eigenvalue weighted by Gasteiger charge is -2.16. The summed E-state index contributed by atoms with van der Waals surface area (Å²) in [6.45, 7) is 0. The van der Waals surface area contributed by atoms with E-state index in [4.69, 9.17) is 16.3 Å². The molecule has 0 unspecified atom stereocenters. The first-order chi connectivity index (χ1) is 7.23. The Labute approximate surface area is 94.9 Å². The van der Waals surface area contributed by atoms with Gasteiger partial charge in [0.05, 0.1) is 12.5 Å². The van der Waals surface area contributed by atoms with Crippen LogP contribution in [0.15, 0.2) is 29.3 Å². The first-order valence-electron chi connectivity index (χ1n) is 5.00. The van der Waals surface area contributed by atoms with Crippen LogP contribution in [0.2, 0.25) is 5.02 Å². The summed E-state index contributed by atoms with van der Waals surface area (Å²) < 4.78 is 5.33. The molecule has 1 aromatic rings. The molecule has 2 nitrogen and oxygen atoms in total. The molecule has 1 fully saturated rings. The molecule has 0 N–H and O–H groups in total. The highest BCUT2D eigenvalue weighted by Gasteiger charge is 2.50. The van der Waals surface area contributed by atoms with Gasteiger partial charge in [-0.3, -0.25) is 4.99 Å². The third-order valence-corrected chi connectivity index (χ3v) is 3.20. The van der Waals surface area contributed by atoms with Crippen LogP contribution in [0.1, 0.15) is 18.4 Å². The van der Waals surface area contributed by atoms with Gasteiger partial charge in [-0.05, 0) is 30.5 Å². The first kappa shape index (κ1) is 10.5. The van der Waals surface area contributed by atoms with Gasteiger partial charge in [0.2, 0.25) is 0 Å². The van der Waals surface area contributed by atoms with E-state index in [1.807, 2.05) is 12.1 Å². The molecule has 0 spiro atoms. The second-order valence-corrected chi connectivity index (χ2v) is 4.26. The third kappa shape index (κ3) is 1.74. The van der Waals surface area contributed by atoms with E-state index in [2.05, 4.69) is 17.1 Å². The van der Waals surface area contributed by atoms with E-state index in [9.17, 15) is 0 Å². The van der Waals surface area contributed by atoms with Gasteiger partial charge in [-0.1, -0.05) is 23.7 Å². The van der Waals surface area contributed by atoms with Crippen LogP contribution in [0, 0.1) is 0 Å². The fourth-order valence-corrected chi connectivity index (χ4v) is 2.15. The van der Waals surface area contributed by atoms with Crippen LogP contribution in [0.25, 0.3) is 0 Å². The highest BCUT2D eigenvalue weighted by atomic mass is 35.5. The van der Waals surface area contributed by atoms with Gasteiger partial charge in [0, 0.05) is 12.1 Å². The van der Waals surface area contributed by atoms with Crippen molar-refractivity contribution in [2.75, 3.05) is 14.2 Å². The molecular formula is C12H14ClNO. The molecule has 3 heteroatoms. The maximum absolute atomic E-state index is 5.87. The molecule has 1 aliphatic rings. The molecule has 0 bridgehead atoms. The van der Waals surface area contributed by atoms with Crippen molar-refractivity contribution in [3.63, 3.8) is 0 Å². The topological polar surface area (TPSA) is 21.6 Å². The van der Waals surface area contributed by atoms with E-state index in [1.165, 1.54) is 5.56 Å². The third-order valence-electron chi connectivity index (χ3n) is 2.95. The van der Waals surface area contributed by atoms with E-state index < -0.39 is 0 Å². The molecule has 15 heavy (non-hydrogen) atoms. The monoisotopic (exact) mass is 223 g/mol. The van der Waals surface area contributed by atoms with Crippen molar-refractivity contribution in [3.05, 3.63) is 34.9 Å². The fourth-order valence-electron chi connectivity index (χ4n) is 2.02. The van der Waals surface area contributed by atoms with Crippen molar-refractivity contribution < 1.29 is 4.74 Å². The lowest BCUT2D eigenvalue weighted by atomic mass is 9.96. The van der Waals surface area contributed by atoms with Crippen molar-refractivity contribution in [1.29, 1.82) is 0 Å². The Balaban J connectivity index is 2.34. The molecule has 0 aromatic heterocycles. The molecular weight excluding hydrogens is 210 g/mol. The molecule has 1 saturated carbocycles. The zero-order chi connectivity index (χ0) is 10.9. The SMILES string of the molecule is CN=C(OC)C1(c2ccc(Cl)cc2)CC1. The molecule has 1 aromatic carbocycles. The molecule has 80 valence electrons. The van der Waals surface area contributed by atoms with Gasteiger partial charge in [0.1, 0.15) is 0 Å². The van der Waals surface area contributed by atoms with E-state index >= 15 is 0 Å². The minimum atomic E-state index is 0.0219. The standard InChI is InChI=1S/C12H14ClNO/c1-14-11(15-2)12(7-8-12)9-3-5-10(13)6-4-9/h3-6H,7-8H2,1-2H3. The van der Waals surface area contributed by atoms with Crippen LogP contribution in [-0.2, 0) is 10.2 Å². The summed E-state index contributed by atoms with van der Waals surface area (Å²) in [5, 5.41) is 0.766. The van der Waals surface area contributed by atoms with Gasteiger partial charge in [0.15, 0.2) is 5.90 Å². The van der Waals surface area contributed by atoms with Crippen LogP contribution in [-0.4, -0.2) is 20.1 Å². The Hall–Kier alpha value is -1.02. The van der Waals surface area contributed by atoms with E-state index in [-0.39, 0.29) is 5.41 Å². The summed E-state index contributed by atoms with van der Waals surface area (Å²) in [4.78, 5) is 4.20. The maximum Gasteiger partial charge on any atom is 0.193 e. The number of methoxy groups -OCH3 is 1. The number of benzene rings is 1. The summed E-state index contributed by atoms with van der Waals surface area (Å²) in [6, 6.07) is 7.94. The van der Waals surface area contributed by atoms with E-state index in [1.54, 1.807) is 14.2 Å². The largest absolute Gasteiger partial charge is 0.484 e. The summed E-state index contributed by atoms with van der Waals surface area (Å²) >= 11 is 5.87. The van der Waals surface area contributed by atoms with Crippen molar-refractivity contribution in [3.8, 4) is 0 Å². The summed E-state index contributed by atoms with van der Waals surface area (Å²) in [7, 11) is 3.45. The Morgan fingerprint density at radius 1 is 1.33 bits per heavy atom. The van der Waals surface area contributed by atoms with Crippen LogP contribution < -0.4 is 0 Å². The Morgan fingerprint density at radius 2 is 1.93 bits per heavy atom. The number of rotatable bonds is 2. The van der Waals surface area contributed by atoms with Crippen LogP contribution in [0.5, 0.6) is 0 Å². The highest BCUT2D eigenvalue weighted by molar-refractivity contribution is 6.30. The Morgan fingerprint density at radius 3 is 2.33 bits per heavy atom. The quantitative estimate of drug-likeness (QED) is 0.558. The number of halogens is 1. The van der Waals surface area contributed by atoms with Crippen LogP contribution in [0.3, 0.4) is 0 Å². The van der Waals surface area contributed by atoms with Gasteiger partial charge in [-0.2, -0.15) is 0 Å². The van der Waals surface area contributed by atoms with Gasteiger partial charge in [-0.25, -0.2) is 0 Å². The average molecular weight is 224 g/mol. The zero-order valence-electron chi connectivity index (χ0n) is 8.96. The minimum Gasteiger partial charge on any atom is -0.484 e. The van der Waals surface area contributed by atoms with Gasteiger partial charge < -0.3 is 4.74 Å². The summed E-state index contributed by atoms with van der Waals surface area (Å²) in [5.41, 5.74) is 1.27. The zero-order valence-corrected chi connectivity index (χ0v) is 9.71. The van der Waals surface area contributed by atoms with Gasteiger partial charge >= 0.3 is 0 Å². The molecule has 2 rings (SSSR count). The van der Waals surface area contributed by atoms with Crippen molar-refractivity contribution in [2.24, 2.45) is 4.99 Å². The highest BCUT2D eigenvalue weighted by Crippen LogP contribution is 2.49. The number of aliphatic imine (C=N–C) groups is 1.